The van der Waals surface area contributed by atoms with Crippen LogP contribution in [0, 0.1) is 11.6 Å². The fourth-order valence-electron chi connectivity index (χ4n) is 2.52. The lowest BCUT2D eigenvalue weighted by Crippen LogP contribution is -2.16. The second kappa shape index (κ2) is 5.27. The lowest BCUT2D eigenvalue weighted by molar-refractivity contribution is 0.579. The number of amidine groups is 1. The lowest BCUT2D eigenvalue weighted by atomic mass is 10.1. The van der Waals surface area contributed by atoms with Crippen LogP contribution in [0.5, 0.6) is 0 Å². The van der Waals surface area contributed by atoms with Crippen LogP contribution in [-0.2, 0) is 0 Å². The Bertz CT molecular complexity index is 929. The highest BCUT2D eigenvalue weighted by Gasteiger charge is 2.24. The second-order valence-corrected chi connectivity index (χ2v) is 5.72. The molecule has 2 aromatic carbocycles. The first kappa shape index (κ1) is 14.1. The van der Waals surface area contributed by atoms with Gasteiger partial charge in [-0.2, -0.15) is 5.10 Å². The molecule has 3 aromatic rings. The van der Waals surface area contributed by atoms with E-state index in [-0.39, 0.29) is 11.4 Å². The van der Waals surface area contributed by atoms with Crippen LogP contribution in [0.3, 0.4) is 0 Å². The number of rotatable bonds is 1. The van der Waals surface area contributed by atoms with Crippen molar-refractivity contribution in [2.75, 3.05) is 5.32 Å². The number of nitrogens with zero attached hydrogens (tertiary/aromatic N) is 2. The van der Waals surface area contributed by atoms with Gasteiger partial charge in [0.2, 0.25) is 0 Å². The second-order valence-electron chi connectivity index (χ2n) is 4.97. The Kier molecular flexibility index (Phi) is 3.23. The summed E-state index contributed by atoms with van der Waals surface area (Å²) in [5, 5.41) is 9.99. The molecule has 0 atom stereocenters. The van der Waals surface area contributed by atoms with Crippen LogP contribution in [0.1, 0.15) is 5.56 Å². The first-order valence-corrected chi connectivity index (χ1v) is 7.58. The van der Waals surface area contributed by atoms with E-state index in [1.54, 1.807) is 0 Å². The number of H-pyrrole nitrogens is 1. The van der Waals surface area contributed by atoms with Crippen LogP contribution in [0.2, 0.25) is 0 Å². The van der Waals surface area contributed by atoms with Crippen molar-refractivity contribution >= 4 is 33.1 Å². The van der Waals surface area contributed by atoms with Crippen molar-refractivity contribution in [1.29, 1.82) is 0 Å². The number of para-hydroxylation sites is 1. The summed E-state index contributed by atoms with van der Waals surface area (Å²) in [6, 6.07) is 11.1. The van der Waals surface area contributed by atoms with E-state index >= 15 is 0 Å². The van der Waals surface area contributed by atoms with Crippen molar-refractivity contribution in [2.45, 2.75) is 0 Å². The number of aromatic amines is 1. The minimum Gasteiger partial charge on any atom is -0.339 e. The zero-order chi connectivity index (χ0) is 16.0. The summed E-state index contributed by atoms with van der Waals surface area (Å²) in [7, 11) is 0. The Labute approximate surface area is 138 Å². The van der Waals surface area contributed by atoms with Crippen molar-refractivity contribution in [3.63, 3.8) is 0 Å². The van der Waals surface area contributed by atoms with E-state index in [1.807, 2.05) is 24.3 Å². The summed E-state index contributed by atoms with van der Waals surface area (Å²) in [5.74, 6) is -1.28. The number of aromatic nitrogens is 2. The Morgan fingerprint density at radius 1 is 0.957 bits per heavy atom. The number of halogens is 3. The first-order chi connectivity index (χ1) is 11.1. The van der Waals surface area contributed by atoms with Crippen LogP contribution in [0.15, 0.2) is 52.1 Å². The molecule has 0 saturated heterocycles. The fraction of sp³-hybridized carbons (Fsp3) is 0. The van der Waals surface area contributed by atoms with Gasteiger partial charge >= 0.3 is 0 Å². The van der Waals surface area contributed by atoms with Crippen molar-refractivity contribution < 1.29 is 8.78 Å². The maximum Gasteiger partial charge on any atom is 0.154 e. The maximum absolute atomic E-state index is 14.2. The molecule has 1 aliphatic heterocycles. The molecule has 23 heavy (non-hydrogen) atoms. The SMILES string of the molecule is Fc1cccc(F)c1C1=Nc2c(Br)n[nH]c2-c2ccccc2N1. The molecule has 0 bridgehead atoms. The molecule has 1 aliphatic rings. The molecule has 114 valence electrons. The lowest BCUT2D eigenvalue weighted by Gasteiger charge is -2.11. The summed E-state index contributed by atoms with van der Waals surface area (Å²) in [5.41, 5.74) is 2.45. The molecule has 2 heterocycles. The molecule has 1 aromatic heterocycles. The van der Waals surface area contributed by atoms with Crippen LogP contribution in [0.4, 0.5) is 20.2 Å². The fourth-order valence-corrected chi connectivity index (χ4v) is 2.90. The van der Waals surface area contributed by atoms with Crippen LogP contribution < -0.4 is 5.32 Å². The summed E-state index contributed by atoms with van der Waals surface area (Å²) in [6.45, 7) is 0. The molecule has 0 fully saturated rings. The summed E-state index contributed by atoms with van der Waals surface area (Å²) >= 11 is 3.31. The molecule has 2 N–H and O–H groups in total. The smallest absolute Gasteiger partial charge is 0.154 e. The minimum absolute atomic E-state index is 0.0916. The number of anilines is 1. The van der Waals surface area contributed by atoms with Crippen molar-refractivity contribution in [3.05, 3.63) is 64.3 Å². The molecule has 7 heteroatoms. The van der Waals surface area contributed by atoms with Gasteiger partial charge < -0.3 is 5.32 Å². The summed E-state index contributed by atoms with van der Waals surface area (Å²) in [6.07, 6.45) is 0. The maximum atomic E-state index is 14.2. The number of nitrogens with one attached hydrogen (secondary N) is 2. The third-order valence-corrected chi connectivity index (χ3v) is 4.12. The number of benzene rings is 2. The van der Waals surface area contributed by atoms with Gasteiger partial charge in [0.05, 0.1) is 11.3 Å². The number of hydrogen-bond donors (Lipinski definition) is 2. The van der Waals surface area contributed by atoms with E-state index in [0.717, 1.165) is 5.56 Å². The van der Waals surface area contributed by atoms with Gasteiger partial charge in [-0.3, -0.25) is 5.10 Å². The highest BCUT2D eigenvalue weighted by Crippen LogP contribution is 2.40. The molecule has 0 spiro atoms. The third kappa shape index (κ3) is 2.24. The van der Waals surface area contributed by atoms with Gasteiger partial charge in [-0.05, 0) is 34.1 Å². The Morgan fingerprint density at radius 3 is 2.48 bits per heavy atom. The standard InChI is InChI=1S/C16H9BrF2N4/c17-15-14-13(22-23-15)8-4-1-2-7-11(8)20-16(21-14)12-9(18)5-3-6-10(12)19/h1-7H,(H,20,21)(H,22,23). The summed E-state index contributed by atoms with van der Waals surface area (Å²) < 4.78 is 28.8. The zero-order valence-electron chi connectivity index (χ0n) is 11.6. The highest BCUT2D eigenvalue weighted by molar-refractivity contribution is 9.10. The van der Waals surface area contributed by atoms with Crippen molar-refractivity contribution in [2.24, 2.45) is 4.99 Å². The highest BCUT2D eigenvalue weighted by atomic mass is 79.9. The molecule has 4 rings (SSSR count). The van der Waals surface area contributed by atoms with E-state index < -0.39 is 11.6 Å². The van der Waals surface area contributed by atoms with E-state index in [4.69, 9.17) is 0 Å². The topological polar surface area (TPSA) is 53.1 Å². The predicted octanol–water partition coefficient (Wildman–Crippen LogP) is 4.62. The molecule has 0 amide bonds. The van der Waals surface area contributed by atoms with Crippen LogP contribution in [0.25, 0.3) is 11.3 Å². The van der Waals surface area contributed by atoms with E-state index in [0.29, 0.717) is 21.7 Å². The van der Waals surface area contributed by atoms with Crippen molar-refractivity contribution in [3.8, 4) is 11.3 Å². The molecular weight excluding hydrogens is 366 g/mol. The van der Waals surface area contributed by atoms with Gasteiger partial charge in [0, 0.05) is 11.3 Å². The largest absolute Gasteiger partial charge is 0.339 e. The Morgan fingerprint density at radius 2 is 1.70 bits per heavy atom. The Hall–Kier alpha value is -2.54. The molecule has 0 radical (unpaired) electrons. The van der Waals surface area contributed by atoms with E-state index in [2.05, 4.69) is 36.4 Å². The third-order valence-electron chi connectivity index (χ3n) is 3.57. The molecule has 4 nitrogen and oxygen atoms in total. The molecule has 0 unspecified atom stereocenters. The van der Waals surface area contributed by atoms with Gasteiger partial charge in [-0.15, -0.1) is 0 Å². The van der Waals surface area contributed by atoms with Gasteiger partial charge in [-0.1, -0.05) is 24.3 Å². The molecular formula is C16H9BrF2N4. The monoisotopic (exact) mass is 374 g/mol. The van der Waals surface area contributed by atoms with Crippen LogP contribution >= 0.6 is 15.9 Å². The number of hydrogen-bond acceptors (Lipinski definition) is 3. The van der Waals surface area contributed by atoms with Gasteiger partial charge in [0.1, 0.15) is 23.2 Å². The minimum atomic E-state index is -0.684. The quantitative estimate of drug-likeness (QED) is 0.652. The average Bonchev–Trinajstić information content (AvgIpc) is 2.80. The van der Waals surface area contributed by atoms with Crippen LogP contribution in [-0.4, -0.2) is 16.0 Å². The number of fused-ring (bicyclic) bond motifs is 3. The van der Waals surface area contributed by atoms with Gasteiger partial charge in [-0.25, -0.2) is 13.8 Å². The first-order valence-electron chi connectivity index (χ1n) is 6.78. The zero-order valence-corrected chi connectivity index (χ0v) is 13.2. The molecule has 0 saturated carbocycles. The average molecular weight is 375 g/mol. The normalized spacial score (nSPS) is 12.7. The number of aliphatic imine (C=N–C) groups is 1. The van der Waals surface area contributed by atoms with E-state index in [1.165, 1.54) is 18.2 Å². The van der Waals surface area contributed by atoms with Gasteiger partial charge in [0.25, 0.3) is 0 Å². The van der Waals surface area contributed by atoms with E-state index in [9.17, 15) is 8.78 Å². The van der Waals surface area contributed by atoms with Crippen molar-refractivity contribution in [1.82, 2.24) is 10.2 Å². The molecule has 0 aliphatic carbocycles. The Balaban J connectivity index is 2.01. The van der Waals surface area contributed by atoms with Gasteiger partial charge in [0.15, 0.2) is 4.60 Å². The predicted molar refractivity (Wildman–Crippen MR) is 87.9 cm³/mol. The summed E-state index contributed by atoms with van der Waals surface area (Å²) in [4.78, 5) is 4.39.